The number of anilines is 3. The van der Waals surface area contributed by atoms with Gasteiger partial charge < -0.3 is 14.7 Å². The SMILES string of the molecule is Cc1ccc(-c2nc(N3CCN(c4ncccc4C(C)(F)F)CC3)nc(N3CCCCC3C)n2)cc1F. The number of aromatic nitrogens is 4. The van der Waals surface area contributed by atoms with Gasteiger partial charge in [0.05, 0.1) is 5.56 Å². The second kappa shape index (κ2) is 10.1. The quantitative estimate of drug-likeness (QED) is 0.467. The van der Waals surface area contributed by atoms with Gasteiger partial charge in [-0.1, -0.05) is 12.1 Å². The molecule has 1 atom stereocenters. The molecule has 0 spiro atoms. The molecule has 7 nitrogen and oxygen atoms in total. The number of piperidine rings is 1. The summed E-state index contributed by atoms with van der Waals surface area (Å²) in [5, 5.41) is 0. The Morgan fingerprint density at radius 3 is 2.35 bits per heavy atom. The third-order valence-electron chi connectivity index (χ3n) is 7.22. The summed E-state index contributed by atoms with van der Waals surface area (Å²) in [7, 11) is 0. The summed E-state index contributed by atoms with van der Waals surface area (Å²) in [5.74, 6) is -1.44. The molecule has 0 amide bonds. The zero-order valence-electron chi connectivity index (χ0n) is 21.5. The van der Waals surface area contributed by atoms with Gasteiger partial charge in [0.1, 0.15) is 11.6 Å². The van der Waals surface area contributed by atoms with E-state index in [-0.39, 0.29) is 11.4 Å². The molecule has 10 heteroatoms. The van der Waals surface area contributed by atoms with Crippen molar-refractivity contribution in [2.75, 3.05) is 47.4 Å². The predicted molar refractivity (Wildman–Crippen MR) is 139 cm³/mol. The van der Waals surface area contributed by atoms with E-state index in [1.54, 1.807) is 19.2 Å². The molecule has 0 saturated carbocycles. The first-order valence-electron chi connectivity index (χ1n) is 12.8. The van der Waals surface area contributed by atoms with Crippen molar-refractivity contribution in [2.24, 2.45) is 0 Å². The Morgan fingerprint density at radius 2 is 1.65 bits per heavy atom. The third-order valence-corrected chi connectivity index (χ3v) is 7.22. The van der Waals surface area contributed by atoms with Gasteiger partial charge in [-0.15, -0.1) is 0 Å². The number of rotatable bonds is 5. The largest absolute Gasteiger partial charge is 0.353 e. The number of piperazine rings is 1. The van der Waals surface area contributed by atoms with E-state index in [0.717, 1.165) is 26.3 Å². The van der Waals surface area contributed by atoms with Gasteiger partial charge in [-0.2, -0.15) is 15.0 Å². The van der Waals surface area contributed by atoms with Crippen LogP contribution < -0.4 is 14.7 Å². The minimum Gasteiger partial charge on any atom is -0.353 e. The van der Waals surface area contributed by atoms with Gasteiger partial charge in [0, 0.05) is 57.4 Å². The first-order valence-corrected chi connectivity index (χ1v) is 12.8. The number of pyridine rings is 1. The van der Waals surface area contributed by atoms with Crippen LogP contribution in [0.5, 0.6) is 0 Å². The van der Waals surface area contributed by atoms with Crippen molar-refractivity contribution in [2.45, 2.75) is 52.0 Å². The van der Waals surface area contributed by atoms with Crippen LogP contribution in [0.4, 0.5) is 30.9 Å². The van der Waals surface area contributed by atoms with E-state index < -0.39 is 5.92 Å². The molecule has 0 bridgehead atoms. The van der Waals surface area contributed by atoms with E-state index in [1.165, 1.54) is 24.6 Å². The number of benzene rings is 1. The second-order valence-electron chi connectivity index (χ2n) is 10.00. The molecule has 2 aliphatic rings. The van der Waals surface area contributed by atoms with Crippen molar-refractivity contribution >= 4 is 17.7 Å². The maximum atomic E-state index is 14.4. The maximum absolute atomic E-state index is 14.4. The smallest absolute Gasteiger partial charge is 0.274 e. The fourth-order valence-corrected chi connectivity index (χ4v) is 4.99. The van der Waals surface area contributed by atoms with Gasteiger partial charge in [0.15, 0.2) is 5.82 Å². The van der Waals surface area contributed by atoms with E-state index in [4.69, 9.17) is 15.0 Å². The highest BCUT2D eigenvalue weighted by atomic mass is 19.3. The van der Waals surface area contributed by atoms with Gasteiger partial charge >= 0.3 is 0 Å². The minimum atomic E-state index is -2.98. The minimum absolute atomic E-state index is 0.0753. The van der Waals surface area contributed by atoms with Crippen LogP contribution in [-0.4, -0.2) is 58.7 Å². The van der Waals surface area contributed by atoms with Crippen LogP contribution in [0.15, 0.2) is 36.5 Å². The Hall–Kier alpha value is -3.43. The number of alkyl halides is 2. The monoisotopic (exact) mass is 511 g/mol. The third kappa shape index (κ3) is 5.33. The van der Waals surface area contributed by atoms with Crippen LogP contribution in [0.3, 0.4) is 0 Å². The zero-order chi connectivity index (χ0) is 26.2. The van der Waals surface area contributed by atoms with Crippen LogP contribution in [0.1, 0.15) is 44.2 Å². The van der Waals surface area contributed by atoms with Crippen molar-refractivity contribution in [3.05, 3.63) is 53.5 Å². The van der Waals surface area contributed by atoms with Crippen molar-refractivity contribution < 1.29 is 13.2 Å². The van der Waals surface area contributed by atoms with Crippen LogP contribution in [-0.2, 0) is 5.92 Å². The highest BCUT2D eigenvalue weighted by Gasteiger charge is 2.32. The van der Waals surface area contributed by atoms with Crippen molar-refractivity contribution in [3.63, 3.8) is 0 Å². The number of hydrogen-bond acceptors (Lipinski definition) is 7. The first kappa shape index (κ1) is 25.2. The van der Waals surface area contributed by atoms with Crippen LogP contribution in [0.25, 0.3) is 11.4 Å². The zero-order valence-corrected chi connectivity index (χ0v) is 21.5. The molecular weight excluding hydrogens is 479 g/mol. The molecule has 0 aliphatic carbocycles. The van der Waals surface area contributed by atoms with Crippen molar-refractivity contribution in [1.82, 2.24) is 19.9 Å². The van der Waals surface area contributed by atoms with Crippen molar-refractivity contribution in [3.8, 4) is 11.4 Å². The predicted octanol–water partition coefficient (Wildman–Crippen LogP) is 5.20. The summed E-state index contributed by atoms with van der Waals surface area (Å²) in [4.78, 5) is 24.7. The number of hydrogen-bond donors (Lipinski definition) is 0. The van der Waals surface area contributed by atoms with Gasteiger partial charge in [-0.05, 0) is 56.9 Å². The summed E-state index contributed by atoms with van der Waals surface area (Å²) >= 11 is 0. The second-order valence-corrected chi connectivity index (χ2v) is 10.00. The van der Waals surface area contributed by atoms with E-state index >= 15 is 0 Å². The fourth-order valence-electron chi connectivity index (χ4n) is 4.99. The highest BCUT2D eigenvalue weighted by molar-refractivity contribution is 5.60. The Morgan fingerprint density at radius 1 is 0.919 bits per heavy atom. The molecule has 1 unspecified atom stereocenters. The molecular formula is C27H32F3N7. The van der Waals surface area contributed by atoms with Gasteiger partial charge in [0.2, 0.25) is 11.9 Å². The summed E-state index contributed by atoms with van der Waals surface area (Å²) in [6.07, 6.45) is 4.83. The average Bonchev–Trinajstić information content (AvgIpc) is 2.90. The van der Waals surface area contributed by atoms with Gasteiger partial charge in [-0.3, -0.25) is 0 Å². The Kier molecular flexibility index (Phi) is 6.92. The molecule has 2 fully saturated rings. The maximum Gasteiger partial charge on any atom is 0.274 e. The molecule has 3 aromatic rings. The Labute approximate surface area is 215 Å². The fraction of sp³-hybridized carbons (Fsp3) is 0.481. The average molecular weight is 512 g/mol. The lowest BCUT2D eigenvalue weighted by atomic mass is 10.0. The normalized spacial score (nSPS) is 18.9. The molecule has 1 aromatic carbocycles. The van der Waals surface area contributed by atoms with Crippen molar-refractivity contribution in [1.29, 1.82) is 0 Å². The summed E-state index contributed by atoms with van der Waals surface area (Å²) < 4.78 is 42.8. The molecule has 2 saturated heterocycles. The molecule has 0 N–H and O–H groups in total. The molecule has 4 heterocycles. The molecule has 2 aliphatic heterocycles. The van der Waals surface area contributed by atoms with Gasteiger partial charge in [0.25, 0.3) is 5.92 Å². The number of halogens is 3. The molecule has 196 valence electrons. The number of aryl methyl sites for hydroxylation is 1. The lowest BCUT2D eigenvalue weighted by Crippen LogP contribution is -2.48. The van der Waals surface area contributed by atoms with Gasteiger partial charge in [-0.25, -0.2) is 18.2 Å². The van der Waals surface area contributed by atoms with Crippen LogP contribution in [0.2, 0.25) is 0 Å². The van der Waals surface area contributed by atoms with E-state index in [1.807, 2.05) is 15.9 Å². The molecule has 5 rings (SSSR count). The lowest BCUT2D eigenvalue weighted by Gasteiger charge is -2.37. The summed E-state index contributed by atoms with van der Waals surface area (Å²) in [5.41, 5.74) is 1.08. The van der Waals surface area contributed by atoms with E-state index in [0.29, 0.717) is 66.9 Å². The number of nitrogens with zero attached hydrogens (tertiary/aromatic N) is 7. The van der Waals surface area contributed by atoms with E-state index in [2.05, 4.69) is 16.8 Å². The van der Waals surface area contributed by atoms with Crippen LogP contribution in [0, 0.1) is 12.7 Å². The standard InChI is InChI=1S/C27H32F3N7/c1-18-9-10-20(17-22(18)28)23-32-25(34-26(33-23)37-12-5-4-7-19(37)2)36-15-13-35(14-16-36)24-21(27(3,29)30)8-6-11-31-24/h6,8-11,17,19H,4-5,7,12-16H2,1-3H3. The first-order chi connectivity index (χ1) is 17.7. The van der Waals surface area contributed by atoms with Crippen LogP contribution >= 0.6 is 0 Å². The topological polar surface area (TPSA) is 61.3 Å². The molecule has 2 aromatic heterocycles. The Bertz CT molecular complexity index is 1250. The highest BCUT2D eigenvalue weighted by Crippen LogP contribution is 2.34. The summed E-state index contributed by atoms with van der Waals surface area (Å²) in [6, 6.07) is 8.27. The molecule has 37 heavy (non-hydrogen) atoms. The molecule has 0 radical (unpaired) electrons. The lowest BCUT2D eigenvalue weighted by molar-refractivity contribution is 0.0176. The van der Waals surface area contributed by atoms with E-state index in [9.17, 15) is 13.2 Å². The Balaban J connectivity index is 1.44. The summed E-state index contributed by atoms with van der Waals surface area (Å²) in [6.45, 7) is 7.70.